The lowest BCUT2D eigenvalue weighted by atomic mass is 10.1. The SMILES string of the molecule is CCN(CC)C(=O)c1cccc(NC(=O)c2ccc(S(=O)(=O)N3CC(C)OC(C)C3)cc2)c1. The van der Waals surface area contributed by atoms with E-state index < -0.39 is 10.0 Å². The molecule has 2 atom stereocenters. The van der Waals surface area contributed by atoms with Gasteiger partial charge in [0.25, 0.3) is 11.8 Å². The Bertz CT molecular complexity index is 1090. The summed E-state index contributed by atoms with van der Waals surface area (Å²) in [6.45, 7) is 9.29. The molecule has 0 aromatic heterocycles. The maximum atomic E-state index is 13.0. The van der Waals surface area contributed by atoms with Gasteiger partial charge >= 0.3 is 0 Å². The number of carbonyl (C=O) groups excluding carboxylic acids is 2. The molecule has 1 saturated heterocycles. The van der Waals surface area contributed by atoms with Gasteiger partial charge in [-0.05, 0) is 70.2 Å². The molecule has 2 aromatic carbocycles. The summed E-state index contributed by atoms with van der Waals surface area (Å²) in [5.41, 5.74) is 1.30. The van der Waals surface area contributed by atoms with E-state index in [0.29, 0.717) is 29.9 Å². The zero-order valence-corrected chi connectivity index (χ0v) is 20.3. The minimum Gasteiger partial charge on any atom is -0.373 e. The minimum absolute atomic E-state index is 0.0996. The van der Waals surface area contributed by atoms with Crippen LogP contribution in [0.3, 0.4) is 0 Å². The van der Waals surface area contributed by atoms with Crippen LogP contribution in [0.1, 0.15) is 48.4 Å². The highest BCUT2D eigenvalue weighted by Gasteiger charge is 2.32. The van der Waals surface area contributed by atoms with Crippen molar-refractivity contribution in [3.63, 3.8) is 0 Å². The van der Waals surface area contributed by atoms with E-state index in [9.17, 15) is 18.0 Å². The van der Waals surface area contributed by atoms with Crippen molar-refractivity contribution in [2.45, 2.75) is 44.8 Å². The summed E-state index contributed by atoms with van der Waals surface area (Å²) in [6, 6.07) is 12.6. The number of hydrogen-bond donors (Lipinski definition) is 1. The van der Waals surface area contributed by atoms with E-state index in [2.05, 4.69) is 5.32 Å². The van der Waals surface area contributed by atoms with E-state index in [-0.39, 0.29) is 42.0 Å². The molecule has 1 N–H and O–H groups in total. The average Bonchev–Trinajstić information content (AvgIpc) is 2.79. The second kappa shape index (κ2) is 10.5. The Morgan fingerprint density at radius 1 is 1.00 bits per heavy atom. The second-order valence-electron chi connectivity index (χ2n) is 8.12. The number of hydrogen-bond acceptors (Lipinski definition) is 5. The number of anilines is 1. The summed E-state index contributed by atoms with van der Waals surface area (Å²) in [4.78, 5) is 27.1. The normalized spacial score (nSPS) is 19.2. The molecule has 0 radical (unpaired) electrons. The first-order chi connectivity index (χ1) is 15.6. The van der Waals surface area contributed by atoms with E-state index in [1.165, 1.54) is 28.6 Å². The smallest absolute Gasteiger partial charge is 0.255 e. The first kappa shape index (κ1) is 24.9. The Hall–Kier alpha value is -2.75. The predicted molar refractivity (Wildman–Crippen MR) is 127 cm³/mol. The lowest BCUT2D eigenvalue weighted by Crippen LogP contribution is -2.48. The summed E-state index contributed by atoms with van der Waals surface area (Å²) < 4.78 is 33.0. The maximum absolute atomic E-state index is 13.0. The number of amides is 2. The molecule has 33 heavy (non-hydrogen) atoms. The van der Waals surface area contributed by atoms with Gasteiger partial charge in [-0.25, -0.2) is 8.42 Å². The van der Waals surface area contributed by atoms with Crippen LogP contribution in [0.2, 0.25) is 0 Å². The maximum Gasteiger partial charge on any atom is 0.255 e. The van der Waals surface area contributed by atoms with Crippen molar-refractivity contribution in [3.05, 3.63) is 59.7 Å². The summed E-state index contributed by atoms with van der Waals surface area (Å²) in [6.07, 6.45) is -0.365. The van der Waals surface area contributed by atoms with Crippen LogP contribution >= 0.6 is 0 Å². The fourth-order valence-electron chi connectivity index (χ4n) is 3.88. The highest BCUT2D eigenvalue weighted by atomic mass is 32.2. The van der Waals surface area contributed by atoms with Gasteiger partial charge in [0.2, 0.25) is 10.0 Å². The first-order valence-electron chi connectivity index (χ1n) is 11.1. The van der Waals surface area contributed by atoms with E-state index >= 15 is 0 Å². The number of nitrogens with zero attached hydrogens (tertiary/aromatic N) is 2. The number of nitrogens with one attached hydrogen (secondary N) is 1. The van der Waals surface area contributed by atoms with Crippen molar-refractivity contribution < 1.29 is 22.7 Å². The van der Waals surface area contributed by atoms with Gasteiger partial charge in [-0.3, -0.25) is 9.59 Å². The molecule has 9 heteroatoms. The number of morpholine rings is 1. The van der Waals surface area contributed by atoms with Crippen molar-refractivity contribution >= 4 is 27.5 Å². The quantitative estimate of drug-likeness (QED) is 0.666. The van der Waals surface area contributed by atoms with Gasteiger partial charge in [0.15, 0.2) is 0 Å². The summed E-state index contributed by atoms with van der Waals surface area (Å²) in [5.74, 6) is -0.489. The Morgan fingerprint density at radius 2 is 1.61 bits per heavy atom. The molecule has 0 bridgehead atoms. The Labute approximate surface area is 195 Å². The van der Waals surface area contributed by atoms with Crippen LogP contribution in [-0.4, -0.2) is 67.8 Å². The van der Waals surface area contributed by atoms with E-state index in [0.717, 1.165) is 0 Å². The number of ether oxygens (including phenoxy) is 1. The highest BCUT2D eigenvalue weighted by Crippen LogP contribution is 2.22. The topological polar surface area (TPSA) is 96.0 Å². The van der Waals surface area contributed by atoms with Crippen LogP contribution in [-0.2, 0) is 14.8 Å². The Balaban J connectivity index is 1.72. The third-order valence-corrected chi connectivity index (χ3v) is 7.40. The number of sulfonamides is 1. The van der Waals surface area contributed by atoms with Crippen LogP contribution in [0.15, 0.2) is 53.4 Å². The first-order valence-corrected chi connectivity index (χ1v) is 12.6. The number of benzene rings is 2. The molecule has 1 aliphatic heterocycles. The fraction of sp³-hybridized carbons (Fsp3) is 0.417. The predicted octanol–water partition coefficient (Wildman–Crippen LogP) is 3.22. The molecule has 2 aromatic rings. The van der Waals surface area contributed by atoms with Crippen molar-refractivity contribution in [1.82, 2.24) is 9.21 Å². The molecule has 0 saturated carbocycles. The Kier molecular flexibility index (Phi) is 7.88. The van der Waals surface area contributed by atoms with Crippen LogP contribution < -0.4 is 5.32 Å². The van der Waals surface area contributed by atoms with Crippen LogP contribution in [0.4, 0.5) is 5.69 Å². The molecule has 1 heterocycles. The molecule has 1 fully saturated rings. The Morgan fingerprint density at radius 3 is 2.18 bits per heavy atom. The lowest BCUT2D eigenvalue weighted by molar-refractivity contribution is -0.0440. The van der Waals surface area contributed by atoms with Gasteiger partial charge in [-0.2, -0.15) is 4.31 Å². The minimum atomic E-state index is -3.68. The van der Waals surface area contributed by atoms with Crippen LogP contribution in [0.25, 0.3) is 0 Å². The zero-order valence-electron chi connectivity index (χ0n) is 19.4. The molecule has 0 aliphatic carbocycles. The fourth-order valence-corrected chi connectivity index (χ4v) is 5.47. The largest absolute Gasteiger partial charge is 0.373 e. The highest BCUT2D eigenvalue weighted by molar-refractivity contribution is 7.89. The third kappa shape index (κ3) is 5.79. The van der Waals surface area contributed by atoms with Gasteiger partial charge in [0.1, 0.15) is 0 Å². The summed E-state index contributed by atoms with van der Waals surface area (Å²) in [7, 11) is -3.68. The molecule has 3 rings (SSSR count). The molecule has 2 amide bonds. The standard InChI is InChI=1S/C24H31N3O5S/c1-5-26(6-2)24(29)20-8-7-9-21(14-20)25-23(28)19-10-12-22(13-11-19)33(30,31)27-15-17(3)32-18(4)16-27/h7-14,17-18H,5-6,15-16H2,1-4H3,(H,25,28). The average molecular weight is 474 g/mol. The van der Waals surface area contributed by atoms with Gasteiger partial charge in [-0.15, -0.1) is 0 Å². The van der Waals surface area contributed by atoms with Crippen molar-refractivity contribution in [2.75, 3.05) is 31.5 Å². The van der Waals surface area contributed by atoms with Gasteiger partial charge < -0.3 is 15.0 Å². The van der Waals surface area contributed by atoms with Gasteiger partial charge in [-0.1, -0.05) is 6.07 Å². The third-order valence-electron chi connectivity index (χ3n) is 5.56. The number of rotatable bonds is 7. The summed E-state index contributed by atoms with van der Waals surface area (Å²) >= 11 is 0. The number of carbonyl (C=O) groups is 2. The summed E-state index contributed by atoms with van der Waals surface area (Å²) in [5, 5.41) is 2.78. The van der Waals surface area contributed by atoms with Crippen LogP contribution in [0, 0.1) is 0 Å². The van der Waals surface area contributed by atoms with E-state index in [1.54, 1.807) is 29.2 Å². The molecule has 178 valence electrons. The van der Waals surface area contributed by atoms with Crippen LogP contribution in [0.5, 0.6) is 0 Å². The second-order valence-corrected chi connectivity index (χ2v) is 10.1. The van der Waals surface area contributed by atoms with E-state index in [4.69, 9.17) is 4.74 Å². The van der Waals surface area contributed by atoms with Crippen molar-refractivity contribution in [3.8, 4) is 0 Å². The molecule has 1 aliphatic rings. The van der Waals surface area contributed by atoms with E-state index in [1.807, 2.05) is 27.7 Å². The molecule has 0 spiro atoms. The van der Waals surface area contributed by atoms with Gasteiger partial charge in [0, 0.05) is 43.0 Å². The lowest BCUT2D eigenvalue weighted by Gasteiger charge is -2.34. The molecule has 8 nitrogen and oxygen atoms in total. The van der Waals surface area contributed by atoms with Crippen molar-refractivity contribution in [2.24, 2.45) is 0 Å². The molecule has 2 unspecified atom stereocenters. The monoisotopic (exact) mass is 473 g/mol. The van der Waals surface area contributed by atoms with Crippen molar-refractivity contribution in [1.29, 1.82) is 0 Å². The van der Waals surface area contributed by atoms with Gasteiger partial charge in [0.05, 0.1) is 17.1 Å². The molecular weight excluding hydrogens is 442 g/mol. The molecular formula is C24H31N3O5S. The zero-order chi connectivity index (χ0) is 24.2.